The second-order valence-electron chi connectivity index (χ2n) is 20.9. The van der Waals surface area contributed by atoms with Gasteiger partial charge in [-0.25, -0.2) is 0 Å². The zero-order valence-corrected chi connectivity index (χ0v) is 38.1. The van der Waals surface area contributed by atoms with Crippen molar-refractivity contribution in [2.45, 2.75) is 156 Å². The van der Waals surface area contributed by atoms with Crippen LogP contribution < -0.4 is 9.47 Å². The zero-order valence-electron chi connectivity index (χ0n) is 38.1. The largest absolute Gasteiger partial charge is 0.507 e. The molecule has 8 heteroatoms. The highest BCUT2D eigenvalue weighted by atomic mass is 16.5. The van der Waals surface area contributed by atoms with Crippen LogP contribution in [0.4, 0.5) is 0 Å². The molecule has 1 aliphatic carbocycles. The minimum atomic E-state index is -0.884. The number of fused-ring (bicyclic) bond motifs is 8. The van der Waals surface area contributed by atoms with Crippen LogP contribution in [-0.2, 0) is 56.9 Å². The molecule has 0 radical (unpaired) electrons. The summed E-state index contributed by atoms with van der Waals surface area (Å²) in [4.78, 5) is 23.1. The molecule has 8 nitrogen and oxygen atoms in total. The molecule has 1 aliphatic rings. The molecule has 0 spiro atoms. The van der Waals surface area contributed by atoms with Gasteiger partial charge in [0.1, 0.15) is 23.0 Å². The van der Waals surface area contributed by atoms with Gasteiger partial charge in [-0.05, 0) is 101 Å². The summed E-state index contributed by atoms with van der Waals surface area (Å²) in [5.74, 6) is -0.114. The monoisotopic (exact) mass is 820 g/mol. The third-order valence-electron chi connectivity index (χ3n) is 11.6. The Morgan fingerprint density at radius 1 is 0.433 bits per heavy atom. The molecule has 4 aromatic rings. The lowest BCUT2D eigenvalue weighted by atomic mass is 9.79. The third-order valence-corrected chi connectivity index (χ3v) is 11.6. The third kappa shape index (κ3) is 11.2. The standard InChI is InChI=1S/C52H68O8/c1-49(2,3)39-23-31-19-35-27-41(51(7,8)9)29-37(47(35)59-17-13-15-43(53)54)21-33-25-40(50(4,5)6)26-34(46(33)58)22-38-30-42(52(10,11)12)28-36(20-32(24-39)45(31)57)48(38)60-18-14-16-44(55)56/h23-30,57-58H,13-22H2,1-12H3,(H,53,54)(H,55,56). The van der Waals surface area contributed by atoms with E-state index >= 15 is 0 Å². The zero-order chi connectivity index (χ0) is 44.5. The van der Waals surface area contributed by atoms with E-state index in [0.29, 0.717) is 50.0 Å². The first-order valence-corrected chi connectivity index (χ1v) is 21.4. The van der Waals surface area contributed by atoms with Gasteiger partial charge in [-0.3, -0.25) is 9.59 Å². The fourth-order valence-electron chi connectivity index (χ4n) is 7.81. The van der Waals surface area contributed by atoms with Crippen molar-refractivity contribution in [3.63, 3.8) is 0 Å². The lowest BCUT2D eigenvalue weighted by Gasteiger charge is -2.28. The second-order valence-corrected chi connectivity index (χ2v) is 20.9. The molecule has 4 N–H and O–H groups in total. The first-order chi connectivity index (χ1) is 27.7. The molecule has 0 fully saturated rings. The van der Waals surface area contributed by atoms with Crippen molar-refractivity contribution in [2.24, 2.45) is 0 Å². The lowest BCUT2D eigenvalue weighted by molar-refractivity contribution is -0.138. The molecule has 8 bridgehead atoms. The van der Waals surface area contributed by atoms with E-state index in [1.54, 1.807) is 0 Å². The van der Waals surface area contributed by atoms with Crippen LogP contribution >= 0.6 is 0 Å². The highest BCUT2D eigenvalue weighted by Gasteiger charge is 2.28. The molecule has 0 unspecified atom stereocenters. The quantitative estimate of drug-likeness (QED) is 0.102. The molecule has 0 aliphatic heterocycles. The number of aromatic hydroxyl groups is 2. The fraction of sp³-hybridized carbons (Fsp3) is 0.500. The predicted octanol–water partition coefficient (Wildman–Crippen LogP) is 11.5. The van der Waals surface area contributed by atoms with Crippen LogP contribution in [0.3, 0.4) is 0 Å². The van der Waals surface area contributed by atoms with Gasteiger partial charge in [-0.15, -0.1) is 0 Å². The normalized spacial score (nSPS) is 13.5. The number of phenols is 2. The minimum Gasteiger partial charge on any atom is -0.507 e. The Bertz CT molecular complexity index is 1980. The fourth-order valence-corrected chi connectivity index (χ4v) is 7.81. The van der Waals surface area contributed by atoms with Gasteiger partial charge in [-0.1, -0.05) is 132 Å². The number of hydrogen-bond donors (Lipinski definition) is 4. The summed E-state index contributed by atoms with van der Waals surface area (Å²) in [5.41, 5.74) is 9.75. The summed E-state index contributed by atoms with van der Waals surface area (Å²) in [6.45, 7) is 26.4. The first-order valence-electron chi connectivity index (χ1n) is 21.4. The van der Waals surface area contributed by atoms with E-state index in [1.807, 2.05) is 0 Å². The van der Waals surface area contributed by atoms with E-state index in [0.717, 1.165) is 66.8 Å². The Morgan fingerprint density at radius 3 is 0.850 bits per heavy atom. The summed E-state index contributed by atoms with van der Waals surface area (Å²) in [5, 5.41) is 43.7. The van der Waals surface area contributed by atoms with E-state index < -0.39 is 11.9 Å². The van der Waals surface area contributed by atoms with Crippen molar-refractivity contribution >= 4 is 11.9 Å². The Morgan fingerprint density at radius 2 is 0.650 bits per heavy atom. The smallest absolute Gasteiger partial charge is 0.303 e. The number of hydrogen-bond acceptors (Lipinski definition) is 6. The summed E-state index contributed by atoms with van der Waals surface area (Å²) < 4.78 is 13.3. The van der Waals surface area contributed by atoms with Crippen molar-refractivity contribution in [2.75, 3.05) is 13.2 Å². The summed E-state index contributed by atoms with van der Waals surface area (Å²) in [7, 11) is 0. The van der Waals surface area contributed by atoms with Crippen LogP contribution in [0.2, 0.25) is 0 Å². The molecule has 60 heavy (non-hydrogen) atoms. The van der Waals surface area contributed by atoms with Crippen molar-refractivity contribution < 1.29 is 39.5 Å². The maximum atomic E-state index is 12.4. The molecule has 0 saturated carbocycles. The van der Waals surface area contributed by atoms with Gasteiger partial charge in [0.25, 0.3) is 0 Å². The number of benzene rings is 4. The van der Waals surface area contributed by atoms with E-state index in [2.05, 4.69) is 132 Å². The van der Waals surface area contributed by atoms with Gasteiger partial charge in [-0.2, -0.15) is 0 Å². The number of carboxylic acid groups (broad SMARTS) is 2. The molecular formula is C52H68O8. The summed E-state index contributed by atoms with van der Waals surface area (Å²) in [6.07, 6.45) is 1.99. The maximum Gasteiger partial charge on any atom is 0.303 e. The highest BCUT2D eigenvalue weighted by Crippen LogP contribution is 2.44. The molecule has 0 atom stereocenters. The molecule has 0 amide bonds. The van der Waals surface area contributed by atoms with Crippen LogP contribution in [0, 0.1) is 0 Å². The Balaban J connectivity index is 1.90. The summed E-state index contributed by atoms with van der Waals surface area (Å²) >= 11 is 0. The van der Waals surface area contributed by atoms with Gasteiger partial charge < -0.3 is 29.9 Å². The summed E-state index contributed by atoms with van der Waals surface area (Å²) in [6, 6.07) is 17.0. The molecule has 0 saturated heterocycles. The van der Waals surface area contributed by atoms with Crippen molar-refractivity contribution in [1.82, 2.24) is 0 Å². The first kappa shape index (κ1) is 46.1. The van der Waals surface area contributed by atoms with Crippen LogP contribution in [-0.4, -0.2) is 45.6 Å². The highest BCUT2D eigenvalue weighted by molar-refractivity contribution is 5.67. The predicted molar refractivity (Wildman–Crippen MR) is 240 cm³/mol. The van der Waals surface area contributed by atoms with Crippen LogP contribution in [0.1, 0.15) is 176 Å². The average molecular weight is 821 g/mol. The molecule has 0 heterocycles. The second kappa shape index (κ2) is 17.6. The molecule has 5 rings (SSSR count). The number of ether oxygens (including phenoxy) is 2. The van der Waals surface area contributed by atoms with Gasteiger partial charge >= 0.3 is 11.9 Å². The SMILES string of the molecule is CC(C)(C)c1cc2c(O)c(c1)Cc1cc(C(C)(C)C)cc(c1OCCCC(=O)O)Cc1cc(C(C)(C)C)cc(c1O)Cc1cc(C(C)(C)C)cc(c1OCCCC(=O)O)C2. The van der Waals surface area contributed by atoms with Crippen LogP contribution in [0.25, 0.3) is 0 Å². The lowest BCUT2D eigenvalue weighted by Crippen LogP contribution is -2.17. The number of aliphatic carboxylic acids is 2. The Labute approximate surface area is 358 Å². The topological polar surface area (TPSA) is 134 Å². The Hall–Kier alpha value is -4.98. The molecular weight excluding hydrogens is 753 g/mol. The van der Waals surface area contributed by atoms with Crippen molar-refractivity contribution in [3.05, 3.63) is 115 Å². The van der Waals surface area contributed by atoms with E-state index in [9.17, 15) is 30.0 Å². The van der Waals surface area contributed by atoms with E-state index in [-0.39, 0.29) is 59.2 Å². The van der Waals surface area contributed by atoms with E-state index in [1.165, 1.54) is 0 Å². The van der Waals surface area contributed by atoms with Crippen LogP contribution in [0.5, 0.6) is 23.0 Å². The maximum absolute atomic E-state index is 12.4. The minimum absolute atomic E-state index is 0.0252. The number of carboxylic acids is 2. The molecule has 0 aromatic heterocycles. The van der Waals surface area contributed by atoms with Gasteiger partial charge in [0.2, 0.25) is 0 Å². The van der Waals surface area contributed by atoms with Gasteiger partial charge in [0.05, 0.1) is 13.2 Å². The van der Waals surface area contributed by atoms with Gasteiger partial charge in [0, 0.05) is 38.5 Å². The number of phenolic OH excluding ortho intramolecular Hbond substituents is 2. The van der Waals surface area contributed by atoms with Gasteiger partial charge in [0.15, 0.2) is 0 Å². The Kier molecular flexibility index (Phi) is 13.5. The van der Waals surface area contributed by atoms with Crippen molar-refractivity contribution in [1.29, 1.82) is 0 Å². The molecule has 4 aromatic carbocycles. The van der Waals surface area contributed by atoms with E-state index in [4.69, 9.17) is 9.47 Å². The number of rotatable bonds is 10. The molecule has 324 valence electrons. The average Bonchev–Trinajstić information content (AvgIpc) is 3.10. The number of carbonyl (C=O) groups is 2. The van der Waals surface area contributed by atoms with Crippen LogP contribution in [0.15, 0.2) is 48.5 Å². The van der Waals surface area contributed by atoms with Crippen molar-refractivity contribution in [3.8, 4) is 23.0 Å².